The van der Waals surface area contributed by atoms with Crippen LogP contribution in [0.3, 0.4) is 0 Å². The van der Waals surface area contributed by atoms with Crippen LogP contribution in [0.4, 0.5) is 0 Å². The number of amides is 1. The first-order valence-corrected chi connectivity index (χ1v) is 9.49. The van der Waals surface area contributed by atoms with Crippen molar-refractivity contribution < 1.29 is 17.9 Å². The maximum Gasteiger partial charge on any atom is 0.224 e. The van der Waals surface area contributed by atoms with E-state index in [1.54, 1.807) is 19.2 Å². The van der Waals surface area contributed by atoms with E-state index in [1.807, 2.05) is 18.2 Å². The molecular weight excluding hydrogens is 316 g/mol. The highest BCUT2D eigenvalue weighted by Crippen LogP contribution is 2.34. The van der Waals surface area contributed by atoms with Gasteiger partial charge in [0.15, 0.2) is 0 Å². The molecule has 2 aliphatic heterocycles. The number of hydrogen-bond donors (Lipinski definition) is 1. The molecule has 3 rings (SSSR count). The molecule has 2 saturated heterocycles. The SMILES string of the molecule is CNC(=O)[C@H]1C[C@H]2OCC[C@H]2N(S(=O)(=O)Cc2ccccc2)C1. The van der Waals surface area contributed by atoms with Gasteiger partial charge < -0.3 is 10.1 Å². The van der Waals surface area contributed by atoms with Crippen LogP contribution in [0, 0.1) is 5.92 Å². The lowest BCUT2D eigenvalue weighted by atomic mass is 9.91. The number of hydrogen-bond acceptors (Lipinski definition) is 4. The highest BCUT2D eigenvalue weighted by atomic mass is 32.2. The van der Waals surface area contributed by atoms with E-state index in [2.05, 4.69) is 5.32 Å². The van der Waals surface area contributed by atoms with Crippen LogP contribution in [0.2, 0.25) is 0 Å². The van der Waals surface area contributed by atoms with Gasteiger partial charge in [0.25, 0.3) is 0 Å². The van der Waals surface area contributed by atoms with Crippen LogP contribution in [0.25, 0.3) is 0 Å². The van der Waals surface area contributed by atoms with Gasteiger partial charge in [0.1, 0.15) is 0 Å². The summed E-state index contributed by atoms with van der Waals surface area (Å²) < 4.78 is 33.0. The Balaban J connectivity index is 1.84. The second-order valence-electron chi connectivity index (χ2n) is 6.12. The number of nitrogens with zero attached hydrogens (tertiary/aromatic N) is 1. The molecule has 0 bridgehead atoms. The lowest BCUT2D eigenvalue weighted by Crippen LogP contribution is -2.54. The van der Waals surface area contributed by atoms with E-state index in [0.29, 0.717) is 19.4 Å². The highest BCUT2D eigenvalue weighted by Gasteiger charge is 2.46. The van der Waals surface area contributed by atoms with Gasteiger partial charge in [0.05, 0.1) is 23.8 Å². The smallest absolute Gasteiger partial charge is 0.224 e. The summed E-state index contributed by atoms with van der Waals surface area (Å²) in [6, 6.07) is 8.98. The zero-order valence-electron chi connectivity index (χ0n) is 13.1. The summed E-state index contributed by atoms with van der Waals surface area (Å²) in [5.41, 5.74) is 0.755. The lowest BCUT2D eigenvalue weighted by molar-refractivity contribution is -0.127. The Hall–Kier alpha value is -1.44. The molecule has 0 radical (unpaired) electrons. The minimum Gasteiger partial charge on any atom is -0.376 e. The fraction of sp³-hybridized carbons (Fsp3) is 0.562. The van der Waals surface area contributed by atoms with Crippen LogP contribution in [0.15, 0.2) is 30.3 Å². The van der Waals surface area contributed by atoms with E-state index in [-0.39, 0.29) is 36.3 Å². The molecule has 0 aromatic heterocycles. The largest absolute Gasteiger partial charge is 0.376 e. The maximum atomic E-state index is 12.9. The first-order chi connectivity index (χ1) is 11.0. The minimum atomic E-state index is -3.49. The van der Waals surface area contributed by atoms with Crippen molar-refractivity contribution in [3.63, 3.8) is 0 Å². The Kier molecular flexibility index (Phi) is 4.70. The number of piperidine rings is 1. The van der Waals surface area contributed by atoms with Gasteiger partial charge >= 0.3 is 0 Å². The first-order valence-electron chi connectivity index (χ1n) is 7.88. The third kappa shape index (κ3) is 3.41. The van der Waals surface area contributed by atoms with Gasteiger partial charge in [-0.2, -0.15) is 4.31 Å². The number of benzene rings is 1. The molecule has 126 valence electrons. The van der Waals surface area contributed by atoms with E-state index in [0.717, 1.165) is 5.56 Å². The van der Waals surface area contributed by atoms with E-state index in [1.165, 1.54) is 4.31 Å². The molecule has 23 heavy (non-hydrogen) atoms. The van der Waals surface area contributed by atoms with Crippen molar-refractivity contribution in [2.75, 3.05) is 20.2 Å². The van der Waals surface area contributed by atoms with Crippen LogP contribution in [-0.4, -0.2) is 51.0 Å². The molecule has 1 aromatic carbocycles. The predicted molar refractivity (Wildman–Crippen MR) is 86.1 cm³/mol. The second-order valence-corrected chi connectivity index (χ2v) is 8.05. The van der Waals surface area contributed by atoms with Gasteiger partial charge in [-0.3, -0.25) is 4.79 Å². The Labute approximate surface area is 136 Å². The standard InChI is InChI=1S/C16H22N2O4S/c1-17-16(19)13-9-15-14(7-8-22-15)18(10-13)23(20,21)11-12-5-3-2-4-6-12/h2-6,13-15H,7-11H2,1H3,(H,17,19)/t13-,14+,15+/m0/s1. The summed E-state index contributed by atoms with van der Waals surface area (Å²) in [6.45, 7) is 0.784. The topological polar surface area (TPSA) is 75.7 Å². The van der Waals surface area contributed by atoms with E-state index in [4.69, 9.17) is 4.74 Å². The Morgan fingerprint density at radius 3 is 2.78 bits per heavy atom. The Morgan fingerprint density at radius 1 is 1.35 bits per heavy atom. The number of nitrogens with one attached hydrogen (secondary N) is 1. The molecule has 1 amide bonds. The van der Waals surface area contributed by atoms with Gasteiger partial charge in [-0.05, 0) is 18.4 Å². The molecule has 0 saturated carbocycles. The monoisotopic (exact) mass is 338 g/mol. The van der Waals surface area contributed by atoms with Crippen molar-refractivity contribution in [3.8, 4) is 0 Å². The summed E-state index contributed by atoms with van der Waals surface area (Å²) >= 11 is 0. The molecule has 7 heteroatoms. The quantitative estimate of drug-likeness (QED) is 0.879. The molecular formula is C16H22N2O4S. The van der Waals surface area contributed by atoms with Crippen LogP contribution in [-0.2, 0) is 25.3 Å². The normalized spacial score (nSPS) is 28.3. The fourth-order valence-corrected chi connectivity index (χ4v) is 5.32. The van der Waals surface area contributed by atoms with Gasteiger partial charge in [0, 0.05) is 20.2 Å². The highest BCUT2D eigenvalue weighted by molar-refractivity contribution is 7.88. The molecule has 6 nitrogen and oxygen atoms in total. The summed E-state index contributed by atoms with van der Waals surface area (Å²) in [5.74, 6) is -0.527. The van der Waals surface area contributed by atoms with Crippen LogP contribution >= 0.6 is 0 Å². The summed E-state index contributed by atoms with van der Waals surface area (Å²) in [7, 11) is -1.92. The molecule has 3 atom stereocenters. The molecule has 2 fully saturated rings. The maximum absolute atomic E-state index is 12.9. The molecule has 0 spiro atoms. The molecule has 0 unspecified atom stereocenters. The van der Waals surface area contributed by atoms with Crippen molar-refractivity contribution in [3.05, 3.63) is 35.9 Å². The van der Waals surface area contributed by atoms with Crippen LogP contribution < -0.4 is 5.32 Å². The van der Waals surface area contributed by atoms with E-state index >= 15 is 0 Å². The average molecular weight is 338 g/mol. The van der Waals surface area contributed by atoms with E-state index in [9.17, 15) is 13.2 Å². The number of ether oxygens (including phenoxy) is 1. The minimum absolute atomic E-state index is 0.0441. The number of sulfonamides is 1. The molecule has 0 aliphatic carbocycles. The summed E-state index contributed by atoms with van der Waals surface area (Å²) in [6.07, 6.45) is 1.09. The summed E-state index contributed by atoms with van der Waals surface area (Å²) in [4.78, 5) is 12.0. The second kappa shape index (κ2) is 6.59. The number of fused-ring (bicyclic) bond motifs is 1. The van der Waals surface area contributed by atoms with Crippen molar-refractivity contribution in [2.24, 2.45) is 5.92 Å². The third-order valence-corrected chi connectivity index (χ3v) is 6.46. The molecule has 1 aromatic rings. The third-order valence-electron chi connectivity index (χ3n) is 4.63. The number of carbonyl (C=O) groups excluding carboxylic acids is 1. The van der Waals surface area contributed by atoms with Crippen molar-refractivity contribution in [1.82, 2.24) is 9.62 Å². The van der Waals surface area contributed by atoms with Gasteiger partial charge in [-0.15, -0.1) is 0 Å². The van der Waals surface area contributed by atoms with Crippen molar-refractivity contribution in [1.29, 1.82) is 0 Å². The number of rotatable bonds is 4. The first kappa shape index (κ1) is 16.4. The van der Waals surface area contributed by atoms with Gasteiger partial charge in [-0.1, -0.05) is 30.3 Å². The van der Waals surface area contributed by atoms with Gasteiger partial charge in [0.2, 0.25) is 15.9 Å². The van der Waals surface area contributed by atoms with Crippen LogP contribution in [0.1, 0.15) is 18.4 Å². The van der Waals surface area contributed by atoms with Crippen molar-refractivity contribution >= 4 is 15.9 Å². The Morgan fingerprint density at radius 2 is 2.09 bits per heavy atom. The fourth-order valence-electron chi connectivity index (χ4n) is 3.48. The van der Waals surface area contributed by atoms with E-state index < -0.39 is 10.0 Å². The predicted octanol–water partition coefficient (Wildman–Crippen LogP) is 0.742. The molecule has 2 heterocycles. The molecule has 1 N–H and O–H groups in total. The lowest BCUT2D eigenvalue weighted by Gasteiger charge is -2.39. The Bertz CT molecular complexity index is 662. The average Bonchev–Trinajstić information content (AvgIpc) is 3.02. The molecule has 2 aliphatic rings. The summed E-state index contributed by atoms with van der Waals surface area (Å²) in [5, 5.41) is 2.62. The van der Waals surface area contributed by atoms with Gasteiger partial charge in [-0.25, -0.2) is 8.42 Å². The van der Waals surface area contributed by atoms with Crippen LogP contribution in [0.5, 0.6) is 0 Å². The zero-order chi connectivity index (χ0) is 16.4. The van der Waals surface area contributed by atoms with Crippen molar-refractivity contribution in [2.45, 2.75) is 30.7 Å². The zero-order valence-corrected chi connectivity index (χ0v) is 14.0. The number of carbonyl (C=O) groups is 1.